The van der Waals surface area contributed by atoms with Gasteiger partial charge in [-0.15, -0.1) is 0 Å². The maximum Gasteiger partial charge on any atom is 0.321 e. The lowest BCUT2D eigenvalue weighted by Gasteiger charge is -2.32. The van der Waals surface area contributed by atoms with E-state index >= 15 is 0 Å². The molecule has 0 unspecified atom stereocenters. The van der Waals surface area contributed by atoms with E-state index in [1.807, 2.05) is 30.0 Å². The molecule has 2 fully saturated rings. The Balaban J connectivity index is 1.51. The Morgan fingerprint density at radius 2 is 1.76 bits per heavy atom. The van der Waals surface area contributed by atoms with Crippen LogP contribution < -0.4 is 10.6 Å². The number of ether oxygens (including phenoxy) is 1. The van der Waals surface area contributed by atoms with Crippen molar-refractivity contribution in [3.8, 4) is 0 Å². The highest BCUT2D eigenvalue weighted by atomic mass is 16.5. The molecule has 1 aromatic carbocycles. The summed E-state index contributed by atoms with van der Waals surface area (Å²) >= 11 is 0. The van der Waals surface area contributed by atoms with Crippen LogP contribution in [0.3, 0.4) is 0 Å². The zero-order chi connectivity index (χ0) is 17.8. The number of rotatable bonds is 5. The number of likely N-dealkylation sites (tertiary alicyclic amines) is 1. The van der Waals surface area contributed by atoms with Gasteiger partial charge in [0.2, 0.25) is 5.91 Å². The fourth-order valence-electron chi connectivity index (χ4n) is 3.07. The van der Waals surface area contributed by atoms with Crippen LogP contribution in [0, 0.1) is 12.8 Å². The predicted octanol–water partition coefficient (Wildman–Crippen LogP) is 3.38. The van der Waals surface area contributed by atoms with Crippen LogP contribution >= 0.6 is 0 Å². The first-order valence-electron chi connectivity index (χ1n) is 9.07. The monoisotopic (exact) mass is 345 g/mol. The van der Waals surface area contributed by atoms with Crippen molar-refractivity contribution in [2.24, 2.45) is 5.92 Å². The van der Waals surface area contributed by atoms with Crippen molar-refractivity contribution in [1.29, 1.82) is 0 Å². The van der Waals surface area contributed by atoms with Crippen molar-refractivity contribution < 1.29 is 14.3 Å². The minimum absolute atomic E-state index is 0.0938. The number of nitrogens with one attached hydrogen (secondary N) is 2. The molecule has 1 saturated heterocycles. The van der Waals surface area contributed by atoms with Crippen LogP contribution in [-0.4, -0.2) is 42.6 Å². The average molecular weight is 345 g/mol. The molecule has 136 valence electrons. The number of piperidine rings is 1. The summed E-state index contributed by atoms with van der Waals surface area (Å²) in [5.41, 5.74) is 2.30. The highest BCUT2D eigenvalue weighted by molar-refractivity contribution is 5.94. The van der Waals surface area contributed by atoms with E-state index in [2.05, 4.69) is 10.6 Å². The van der Waals surface area contributed by atoms with Crippen molar-refractivity contribution in [1.82, 2.24) is 4.90 Å². The Morgan fingerprint density at radius 3 is 2.36 bits per heavy atom. The summed E-state index contributed by atoms with van der Waals surface area (Å²) in [6.07, 6.45) is 4.68. The fraction of sp³-hybridized carbons (Fsp3) is 0.579. The third kappa shape index (κ3) is 4.95. The summed E-state index contributed by atoms with van der Waals surface area (Å²) in [6, 6.07) is 5.41. The molecule has 1 aliphatic carbocycles. The van der Waals surface area contributed by atoms with E-state index in [0.29, 0.717) is 13.1 Å². The maximum atomic E-state index is 12.5. The lowest BCUT2D eigenvalue weighted by atomic mass is 10.1. The van der Waals surface area contributed by atoms with E-state index in [1.54, 1.807) is 0 Å². The third-order valence-corrected chi connectivity index (χ3v) is 4.88. The van der Waals surface area contributed by atoms with Gasteiger partial charge in [0, 0.05) is 38.0 Å². The summed E-state index contributed by atoms with van der Waals surface area (Å²) in [5, 5.41) is 5.74. The summed E-state index contributed by atoms with van der Waals surface area (Å²) in [4.78, 5) is 25.6. The van der Waals surface area contributed by atoms with Crippen molar-refractivity contribution in [3.05, 3.63) is 23.8 Å². The topological polar surface area (TPSA) is 70.7 Å². The normalized spacial score (nSPS) is 18.1. The molecule has 25 heavy (non-hydrogen) atoms. The standard InChI is InChI=1S/C19H27N3O3/c1-13-17(20-14(2)23)4-3-5-18(13)21-19(24)22-10-8-16(9-11-22)25-12-15-6-7-15/h3-5,15-16H,6-12H2,1-2H3,(H,20,23)(H,21,24). The number of nitrogens with zero attached hydrogens (tertiary/aromatic N) is 1. The summed E-state index contributed by atoms with van der Waals surface area (Å²) in [5.74, 6) is 0.653. The molecule has 0 spiro atoms. The summed E-state index contributed by atoms with van der Waals surface area (Å²) in [7, 11) is 0. The van der Waals surface area contributed by atoms with Gasteiger partial charge in [0.1, 0.15) is 0 Å². The van der Waals surface area contributed by atoms with E-state index in [1.165, 1.54) is 19.8 Å². The zero-order valence-electron chi connectivity index (χ0n) is 15.0. The fourth-order valence-corrected chi connectivity index (χ4v) is 3.07. The van der Waals surface area contributed by atoms with Crippen molar-refractivity contribution in [3.63, 3.8) is 0 Å². The number of hydrogen-bond acceptors (Lipinski definition) is 3. The van der Waals surface area contributed by atoms with Gasteiger partial charge in [0.05, 0.1) is 6.10 Å². The second-order valence-electron chi connectivity index (χ2n) is 7.05. The van der Waals surface area contributed by atoms with Crippen LogP contribution in [0.1, 0.15) is 38.2 Å². The van der Waals surface area contributed by atoms with E-state index < -0.39 is 0 Å². The number of hydrogen-bond donors (Lipinski definition) is 2. The molecule has 1 saturated carbocycles. The molecule has 6 heteroatoms. The van der Waals surface area contributed by atoms with E-state index in [-0.39, 0.29) is 18.0 Å². The number of urea groups is 1. The largest absolute Gasteiger partial charge is 0.378 e. The Bertz CT molecular complexity index is 635. The SMILES string of the molecule is CC(=O)Nc1cccc(NC(=O)N2CCC(OCC3CC3)CC2)c1C. The molecule has 1 heterocycles. The highest BCUT2D eigenvalue weighted by Crippen LogP contribution is 2.30. The first-order valence-corrected chi connectivity index (χ1v) is 9.07. The molecular formula is C19H27N3O3. The quantitative estimate of drug-likeness (QED) is 0.859. The number of benzene rings is 1. The number of carbonyl (C=O) groups excluding carboxylic acids is 2. The average Bonchev–Trinajstić information content (AvgIpc) is 3.41. The van der Waals surface area contributed by atoms with Crippen LogP contribution in [0.5, 0.6) is 0 Å². The highest BCUT2D eigenvalue weighted by Gasteiger charge is 2.27. The molecule has 0 aromatic heterocycles. The van der Waals surface area contributed by atoms with Crippen LogP contribution in [0.15, 0.2) is 18.2 Å². The molecule has 3 amide bonds. The molecule has 0 bridgehead atoms. The number of anilines is 2. The van der Waals surface area contributed by atoms with Gasteiger partial charge in [-0.05, 0) is 56.2 Å². The van der Waals surface area contributed by atoms with Crippen LogP contribution in [0.25, 0.3) is 0 Å². The first-order chi connectivity index (χ1) is 12.0. The molecule has 0 radical (unpaired) electrons. The van der Waals surface area contributed by atoms with Gasteiger partial charge in [0.25, 0.3) is 0 Å². The van der Waals surface area contributed by atoms with Crippen LogP contribution in [0.2, 0.25) is 0 Å². The minimum atomic E-state index is -0.125. The minimum Gasteiger partial charge on any atom is -0.378 e. The first kappa shape index (κ1) is 17.7. The van der Waals surface area contributed by atoms with E-state index in [0.717, 1.165) is 42.3 Å². The summed E-state index contributed by atoms with van der Waals surface area (Å²) in [6.45, 7) is 5.67. The van der Waals surface area contributed by atoms with Gasteiger partial charge < -0.3 is 20.3 Å². The molecule has 2 aliphatic rings. The maximum absolute atomic E-state index is 12.5. The van der Waals surface area contributed by atoms with Crippen molar-refractivity contribution in [2.75, 3.05) is 30.3 Å². The van der Waals surface area contributed by atoms with Gasteiger partial charge >= 0.3 is 6.03 Å². The summed E-state index contributed by atoms with van der Waals surface area (Å²) < 4.78 is 5.93. The second kappa shape index (κ2) is 7.87. The Morgan fingerprint density at radius 1 is 1.12 bits per heavy atom. The third-order valence-electron chi connectivity index (χ3n) is 4.88. The number of amides is 3. The Hall–Kier alpha value is -2.08. The molecule has 1 aromatic rings. The molecule has 3 rings (SSSR count). The zero-order valence-corrected chi connectivity index (χ0v) is 15.0. The van der Waals surface area contributed by atoms with Gasteiger partial charge in [0.15, 0.2) is 0 Å². The van der Waals surface area contributed by atoms with Crippen LogP contribution in [-0.2, 0) is 9.53 Å². The van der Waals surface area contributed by atoms with E-state index in [4.69, 9.17) is 4.74 Å². The molecular weight excluding hydrogens is 318 g/mol. The van der Waals surface area contributed by atoms with Gasteiger partial charge in [-0.1, -0.05) is 6.07 Å². The van der Waals surface area contributed by atoms with E-state index in [9.17, 15) is 9.59 Å². The molecule has 6 nitrogen and oxygen atoms in total. The predicted molar refractivity (Wildman–Crippen MR) is 97.8 cm³/mol. The number of carbonyl (C=O) groups is 2. The smallest absolute Gasteiger partial charge is 0.321 e. The Labute approximate surface area is 148 Å². The van der Waals surface area contributed by atoms with Crippen molar-refractivity contribution in [2.45, 2.75) is 45.6 Å². The molecule has 0 atom stereocenters. The van der Waals surface area contributed by atoms with Gasteiger partial charge in [-0.2, -0.15) is 0 Å². The molecule has 2 N–H and O–H groups in total. The van der Waals surface area contributed by atoms with Crippen LogP contribution in [0.4, 0.5) is 16.2 Å². The van der Waals surface area contributed by atoms with Crippen molar-refractivity contribution >= 4 is 23.3 Å². The van der Waals surface area contributed by atoms with Gasteiger partial charge in [-0.3, -0.25) is 4.79 Å². The lowest BCUT2D eigenvalue weighted by Crippen LogP contribution is -2.43. The van der Waals surface area contributed by atoms with Gasteiger partial charge in [-0.25, -0.2) is 4.79 Å². The second-order valence-corrected chi connectivity index (χ2v) is 7.05. The molecule has 1 aliphatic heterocycles. The Kier molecular flexibility index (Phi) is 5.58. The lowest BCUT2D eigenvalue weighted by molar-refractivity contribution is -0.114.